The highest BCUT2D eigenvalue weighted by atomic mass is 32.2. The minimum absolute atomic E-state index is 0.336. The Bertz CT molecular complexity index is 345. The van der Waals surface area contributed by atoms with E-state index in [2.05, 4.69) is 14.4 Å². The van der Waals surface area contributed by atoms with Crippen LogP contribution in [0.15, 0.2) is 23.1 Å². The van der Waals surface area contributed by atoms with E-state index in [0.717, 1.165) is 5.56 Å². The van der Waals surface area contributed by atoms with Gasteiger partial charge in [-0.15, -0.1) is 0 Å². The van der Waals surface area contributed by atoms with Gasteiger partial charge >= 0.3 is 0 Å². The summed E-state index contributed by atoms with van der Waals surface area (Å²) in [6.07, 6.45) is 4.77. The maximum absolute atomic E-state index is 11.7. The van der Waals surface area contributed by atoms with Crippen LogP contribution in [-0.4, -0.2) is 25.0 Å². The minimum Gasteiger partial charge on any atom is -0.591 e. The van der Waals surface area contributed by atoms with Crippen LogP contribution in [-0.2, 0) is 11.4 Å². The molecule has 0 radical (unpaired) electrons. The number of hydrogen-bond acceptors (Lipinski definition) is 4. The monoisotopic (exact) mass is 225 g/mol. The zero-order chi connectivity index (χ0) is 11.5. The van der Waals surface area contributed by atoms with Crippen LogP contribution in [0.3, 0.4) is 0 Å². The normalized spacial score (nSPS) is 15.1. The Morgan fingerprint density at radius 2 is 1.87 bits per heavy atom. The Balaban J connectivity index is 2.86. The van der Waals surface area contributed by atoms with Crippen molar-refractivity contribution in [1.29, 1.82) is 0 Å². The Hall–Kier alpha value is -0.940. The van der Waals surface area contributed by atoms with E-state index in [9.17, 15) is 4.55 Å². The Morgan fingerprint density at radius 1 is 1.33 bits per heavy atom. The summed E-state index contributed by atoms with van der Waals surface area (Å²) in [5.74, 6) is 0. The van der Waals surface area contributed by atoms with Gasteiger partial charge in [-0.25, -0.2) is 9.97 Å². The standard InChI is InChI=1S/C10H15N3OS/c1-8(9-5-11-7-12-6-9)13-15(14)10(2,3)4/h5-7H,1-4H3/b13-8+. The van der Waals surface area contributed by atoms with E-state index >= 15 is 0 Å². The molecule has 1 heterocycles. The smallest absolute Gasteiger partial charge is 0.144 e. The second kappa shape index (κ2) is 4.72. The number of aromatic nitrogens is 2. The molecule has 1 unspecified atom stereocenters. The molecule has 0 saturated carbocycles. The molecule has 82 valence electrons. The number of hydrogen-bond donors (Lipinski definition) is 0. The molecule has 15 heavy (non-hydrogen) atoms. The van der Waals surface area contributed by atoms with E-state index in [1.165, 1.54) is 6.33 Å². The van der Waals surface area contributed by atoms with Crippen LogP contribution in [0.2, 0.25) is 0 Å². The lowest BCUT2D eigenvalue weighted by molar-refractivity contribution is 0.561. The van der Waals surface area contributed by atoms with Gasteiger partial charge in [0.2, 0.25) is 0 Å². The van der Waals surface area contributed by atoms with Gasteiger partial charge in [0, 0.05) is 18.0 Å². The molecule has 0 N–H and O–H groups in total. The lowest BCUT2D eigenvalue weighted by Crippen LogP contribution is -2.26. The average Bonchev–Trinajstić information content (AvgIpc) is 2.17. The van der Waals surface area contributed by atoms with E-state index in [1.54, 1.807) is 12.4 Å². The summed E-state index contributed by atoms with van der Waals surface area (Å²) in [5.41, 5.74) is 1.50. The zero-order valence-electron chi connectivity index (χ0n) is 9.39. The van der Waals surface area contributed by atoms with Crippen LogP contribution < -0.4 is 0 Å². The Kier molecular flexibility index (Phi) is 3.82. The van der Waals surface area contributed by atoms with Gasteiger partial charge < -0.3 is 4.55 Å². The van der Waals surface area contributed by atoms with Crippen molar-refractivity contribution < 1.29 is 4.55 Å². The van der Waals surface area contributed by atoms with Gasteiger partial charge in [0.25, 0.3) is 0 Å². The molecule has 0 amide bonds. The summed E-state index contributed by atoms with van der Waals surface area (Å²) < 4.78 is 15.5. The van der Waals surface area contributed by atoms with Crippen molar-refractivity contribution in [3.8, 4) is 0 Å². The summed E-state index contributed by atoms with van der Waals surface area (Å²) in [6, 6.07) is 0. The van der Waals surface area contributed by atoms with Gasteiger partial charge in [-0.3, -0.25) is 0 Å². The van der Waals surface area contributed by atoms with Crippen molar-refractivity contribution in [3.05, 3.63) is 24.3 Å². The first kappa shape index (κ1) is 12.1. The van der Waals surface area contributed by atoms with E-state index < -0.39 is 11.4 Å². The second-order valence-corrected chi connectivity index (χ2v) is 6.07. The molecule has 1 rings (SSSR count). The van der Waals surface area contributed by atoms with Crippen LogP contribution >= 0.6 is 0 Å². The SMILES string of the molecule is C/C(=N\[S+]([O-])C(C)(C)C)c1cncnc1. The quantitative estimate of drug-likeness (QED) is 0.569. The molecule has 1 atom stereocenters. The van der Waals surface area contributed by atoms with E-state index in [1.807, 2.05) is 27.7 Å². The van der Waals surface area contributed by atoms with Gasteiger partial charge in [0.05, 0.1) is 5.71 Å². The van der Waals surface area contributed by atoms with Gasteiger partial charge in [-0.05, 0) is 27.7 Å². The highest BCUT2D eigenvalue weighted by Crippen LogP contribution is 2.17. The van der Waals surface area contributed by atoms with Gasteiger partial charge in [0.15, 0.2) is 0 Å². The Morgan fingerprint density at radius 3 is 2.33 bits per heavy atom. The molecule has 0 bridgehead atoms. The predicted molar refractivity (Wildman–Crippen MR) is 62.1 cm³/mol. The third-order valence-corrected chi connectivity index (χ3v) is 3.21. The topological polar surface area (TPSA) is 61.2 Å². The molecular weight excluding hydrogens is 210 g/mol. The average molecular weight is 225 g/mol. The Labute approximate surface area is 93.2 Å². The molecule has 0 aromatic carbocycles. The summed E-state index contributed by atoms with van der Waals surface area (Å²) in [6.45, 7) is 7.48. The first-order chi connectivity index (χ1) is 6.91. The first-order valence-corrected chi connectivity index (χ1v) is 5.74. The summed E-state index contributed by atoms with van der Waals surface area (Å²) in [5, 5.41) is 0. The fourth-order valence-electron chi connectivity index (χ4n) is 0.800. The van der Waals surface area contributed by atoms with Crippen LogP contribution in [0.1, 0.15) is 33.3 Å². The fourth-order valence-corrected chi connectivity index (χ4v) is 1.43. The minimum atomic E-state index is -1.24. The zero-order valence-corrected chi connectivity index (χ0v) is 10.2. The van der Waals surface area contributed by atoms with Crippen molar-refractivity contribution >= 4 is 17.1 Å². The van der Waals surface area contributed by atoms with Gasteiger partial charge in [-0.2, -0.15) is 0 Å². The van der Waals surface area contributed by atoms with E-state index in [0.29, 0.717) is 5.71 Å². The maximum atomic E-state index is 11.7. The third-order valence-electron chi connectivity index (χ3n) is 1.72. The molecule has 1 aromatic rings. The third kappa shape index (κ3) is 3.60. The first-order valence-electron chi connectivity index (χ1n) is 4.64. The molecule has 0 aliphatic heterocycles. The molecule has 0 aliphatic rings. The molecule has 0 saturated heterocycles. The van der Waals surface area contributed by atoms with E-state index in [4.69, 9.17) is 0 Å². The molecular formula is C10H15N3OS. The maximum Gasteiger partial charge on any atom is 0.144 e. The van der Waals surface area contributed by atoms with Crippen LogP contribution in [0.25, 0.3) is 0 Å². The summed E-state index contributed by atoms with van der Waals surface area (Å²) >= 11 is -1.24. The number of rotatable bonds is 2. The highest BCUT2D eigenvalue weighted by molar-refractivity contribution is 7.91. The van der Waals surface area contributed by atoms with Crippen molar-refractivity contribution in [2.24, 2.45) is 4.40 Å². The van der Waals surface area contributed by atoms with Gasteiger partial charge in [-0.1, -0.05) is 4.40 Å². The predicted octanol–water partition coefficient (Wildman–Crippen LogP) is 1.75. The highest BCUT2D eigenvalue weighted by Gasteiger charge is 2.26. The molecule has 5 heteroatoms. The number of nitrogens with zero attached hydrogens (tertiary/aromatic N) is 3. The molecule has 4 nitrogen and oxygen atoms in total. The molecule has 1 aromatic heterocycles. The summed E-state index contributed by atoms with van der Waals surface area (Å²) in [7, 11) is 0. The van der Waals surface area contributed by atoms with Crippen molar-refractivity contribution in [2.45, 2.75) is 32.4 Å². The van der Waals surface area contributed by atoms with Crippen LogP contribution in [0.4, 0.5) is 0 Å². The summed E-state index contributed by atoms with van der Waals surface area (Å²) in [4.78, 5) is 7.77. The molecule has 0 spiro atoms. The largest absolute Gasteiger partial charge is 0.591 e. The van der Waals surface area contributed by atoms with Gasteiger partial charge in [0.1, 0.15) is 22.4 Å². The molecule has 0 aliphatic carbocycles. The second-order valence-electron chi connectivity index (χ2n) is 4.17. The van der Waals surface area contributed by atoms with Crippen molar-refractivity contribution in [2.75, 3.05) is 0 Å². The lowest BCUT2D eigenvalue weighted by atomic mass is 10.2. The fraction of sp³-hybridized carbons (Fsp3) is 0.500. The lowest BCUT2D eigenvalue weighted by Gasteiger charge is -2.18. The van der Waals surface area contributed by atoms with Crippen molar-refractivity contribution in [1.82, 2.24) is 9.97 Å². The van der Waals surface area contributed by atoms with E-state index in [-0.39, 0.29) is 4.75 Å². The van der Waals surface area contributed by atoms with Crippen molar-refractivity contribution in [3.63, 3.8) is 0 Å². The molecule has 0 fully saturated rings. The van der Waals surface area contributed by atoms with Crippen LogP contribution in [0, 0.1) is 0 Å². The van der Waals surface area contributed by atoms with Crippen LogP contribution in [0.5, 0.6) is 0 Å².